The van der Waals surface area contributed by atoms with Crippen LogP contribution in [0.2, 0.25) is 10.0 Å². The maximum Gasteiger partial charge on any atom is 0.253 e. The van der Waals surface area contributed by atoms with Gasteiger partial charge < -0.3 is 0 Å². The van der Waals surface area contributed by atoms with E-state index < -0.39 is 21.3 Å². The fourth-order valence-corrected chi connectivity index (χ4v) is 3.80. The van der Waals surface area contributed by atoms with E-state index in [0.717, 1.165) is 17.7 Å². The van der Waals surface area contributed by atoms with Gasteiger partial charge in [0.05, 0.1) is 14.9 Å². The lowest BCUT2D eigenvalue weighted by atomic mass is 10.2. The summed E-state index contributed by atoms with van der Waals surface area (Å²) in [6.07, 6.45) is 0. The maximum atomic E-state index is 13.2. The van der Waals surface area contributed by atoms with Gasteiger partial charge in [-0.15, -0.1) is 4.83 Å². The largest absolute Gasteiger partial charge is 0.253 e. The molecule has 1 unspecified atom stereocenters. The van der Waals surface area contributed by atoms with Crippen molar-refractivity contribution >= 4 is 44.8 Å². The normalized spacial score (nSPS) is 13.1. The van der Waals surface area contributed by atoms with E-state index in [4.69, 9.17) is 34.8 Å². The number of hydrazine groups is 1. The minimum Gasteiger partial charge on any atom is -0.222 e. The first-order valence-corrected chi connectivity index (χ1v) is 9.01. The van der Waals surface area contributed by atoms with Gasteiger partial charge in [0.25, 0.3) is 10.0 Å². The number of benzene rings is 2. The minimum atomic E-state index is -3.82. The third kappa shape index (κ3) is 4.56. The van der Waals surface area contributed by atoms with Gasteiger partial charge in [-0.2, -0.15) is 0 Å². The molecule has 0 bridgehead atoms. The predicted octanol–water partition coefficient (Wildman–Crippen LogP) is 4.16. The topological polar surface area (TPSA) is 58.2 Å². The Hall–Kier alpha value is -0.890. The summed E-state index contributed by atoms with van der Waals surface area (Å²) in [4.78, 5) is 2.21. The first kappa shape index (κ1) is 18.4. The molecular formula is C14H12Cl3FN2O2S. The smallest absolute Gasteiger partial charge is 0.222 e. The quantitative estimate of drug-likeness (QED) is 0.452. The van der Waals surface area contributed by atoms with Crippen molar-refractivity contribution < 1.29 is 12.8 Å². The van der Waals surface area contributed by atoms with Crippen LogP contribution in [0.1, 0.15) is 16.6 Å². The highest BCUT2D eigenvalue weighted by Gasteiger charge is 2.20. The number of halogens is 4. The lowest BCUT2D eigenvalue weighted by Gasteiger charge is -2.16. The van der Waals surface area contributed by atoms with Gasteiger partial charge >= 0.3 is 0 Å². The average Bonchev–Trinajstić information content (AvgIpc) is 2.44. The van der Waals surface area contributed by atoms with Gasteiger partial charge in [-0.25, -0.2) is 18.2 Å². The average molecular weight is 398 g/mol. The molecule has 2 rings (SSSR count). The minimum absolute atomic E-state index is 0.0166. The molecule has 0 aliphatic carbocycles. The van der Waals surface area contributed by atoms with Crippen molar-refractivity contribution in [2.24, 2.45) is 0 Å². The molecule has 0 heterocycles. The third-order valence-electron chi connectivity index (χ3n) is 2.95. The van der Waals surface area contributed by atoms with Gasteiger partial charge in [0.1, 0.15) is 11.3 Å². The predicted molar refractivity (Wildman–Crippen MR) is 89.7 cm³/mol. The summed E-state index contributed by atoms with van der Waals surface area (Å²) in [6.45, 7) is 1.84. The second-order valence-electron chi connectivity index (χ2n) is 4.71. The molecule has 0 saturated heterocycles. The number of alkyl halides is 1. The standard InChI is InChI=1S/C14H12Cl3FN2O2S/c1-8-2-4-10(5-3-8)23(21,22)20-19-14(17)13-11(15)6-9(18)7-12(13)16/h2-7,14,19-20H,1H3. The third-order valence-corrected chi connectivity index (χ3v) is 5.18. The van der Waals surface area contributed by atoms with Gasteiger partial charge in [0.15, 0.2) is 0 Å². The summed E-state index contributed by atoms with van der Waals surface area (Å²) < 4.78 is 37.4. The van der Waals surface area contributed by atoms with Crippen LogP contribution < -0.4 is 10.3 Å². The van der Waals surface area contributed by atoms with Crippen LogP contribution in [0.5, 0.6) is 0 Å². The molecule has 0 aromatic heterocycles. The summed E-state index contributed by atoms with van der Waals surface area (Å²) in [5.74, 6) is -0.618. The Morgan fingerprint density at radius 1 is 1.09 bits per heavy atom. The molecule has 0 fully saturated rings. The molecule has 1 atom stereocenters. The van der Waals surface area contributed by atoms with Crippen LogP contribution >= 0.6 is 34.8 Å². The molecule has 23 heavy (non-hydrogen) atoms. The number of hydrogen-bond donors (Lipinski definition) is 2. The van der Waals surface area contributed by atoms with E-state index in [1.54, 1.807) is 12.1 Å². The molecule has 2 N–H and O–H groups in total. The summed E-state index contributed by atoms with van der Waals surface area (Å²) in [5, 5.41) is -0.0333. The van der Waals surface area contributed by atoms with Crippen LogP contribution in [0, 0.1) is 12.7 Å². The van der Waals surface area contributed by atoms with Gasteiger partial charge in [0.2, 0.25) is 0 Å². The summed E-state index contributed by atoms with van der Waals surface area (Å²) in [5.41, 5.74) is 2.40. The molecule has 0 spiro atoms. The lowest BCUT2D eigenvalue weighted by molar-refractivity contribution is 0.549. The van der Waals surface area contributed by atoms with Crippen LogP contribution in [0.3, 0.4) is 0 Å². The van der Waals surface area contributed by atoms with E-state index in [1.165, 1.54) is 12.1 Å². The molecule has 0 radical (unpaired) electrons. The van der Waals surface area contributed by atoms with E-state index in [9.17, 15) is 12.8 Å². The Morgan fingerprint density at radius 3 is 2.13 bits per heavy atom. The van der Waals surface area contributed by atoms with Gasteiger partial charge in [-0.3, -0.25) is 0 Å². The maximum absolute atomic E-state index is 13.2. The van der Waals surface area contributed by atoms with Gasteiger partial charge in [0, 0.05) is 5.56 Å². The lowest BCUT2D eigenvalue weighted by Crippen LogP contribution is -2.38. The first-order valence-electron chi connectivity index (χ1n) is 6.33. The highest BCUT2D eigenvalue weighted by Crippen LogP contribution is 2.33. The Balaban J connectivity index is 2.15. The van der Waals surface area contributed by atoms with Crippen LogP contribution in [0.15, 0.2) is 41.3 Å². The van der Waals surface area contributed by atoms with Crippen molar-refractivity contribution in [3.8, 4) is 0 Å². The fourth-order valence-electron chi connectivity index (χ4n) is 1.77. The Morgan fingerprint density at radius 2 is 1.61 bits per heavy atom. The van der Waals surface area contributed by atoms with Crippen molar-refractivity contribution in [3.63, 3.8) is 0 Å². The molecule has 0 aliphatic rings. The van der Waals surface area contributed by atoms with Crippen LogP contribution in [0.25, 0.3) is 0 Å². The van der Waals surface area contributed by atoms with Crippen molar-refractivity contribution in [1.29, 1.82) is 0 Å². The van der Waals surface area contributed by atoms with Crippen LogP contribution in [0.4, 0.5) is 4.39 Å². The molecule has 0 amide bonds. The summed E-state index contributed by atoms with van der Waals surface area (Å²) in [7, 11) is -3.82. The Kier molecular flexibility index (Phi) is 5.89. The molecule has 124 valence electrons. The number of nitrogens with one attached hydrogen (secondary N) is 2. The summed E-state index contributed by atoms with van der Waals surface area (Å²) >= 11 is 17.8. The van der Waals surface area contributed by atoms with Crippen molar-refractivity contribution in [3.05, 3.63) is 63.4 Å². The van der Waals surface area contributed by atoms with Gasteiger partial charge in [-0.1, -0.05) is 52.5 Å². The van der Waals surface area contributed by atoms with Crippen molar-refractivity contribution in [2.75, 3.05) is 0 Å². The molecular weight excluding hydrogens is 386 g/mol. The number of aryl methyl sites for hydroxylation is 1. The van der Waals surface area contributed by atoms with E-state index in [2.05, 4.69) is 10.3 Å². The second-order valence-corrected chi connectivity index (χ2v) is 7.64. The zero-order valence-corrected chi connectivity index (χ0v) is 14.9. The monoisotopic (exact) mass is 396 g/mol. The van der Waals surface area contributed by atoms with E-state index in [1.807, 2.05) is 6.92 Å². The molecule has 0 saturated carbocycles. The van der Waals surface area contributed by atoms with Crippen LogP contribution in [-0.2, 0) is 10.0 Å². The highest BCUT2D eigenvalue weighted by atomic mass is 35.5. The Labute approximate surface area is 148 Å². The number of hydrogen-bond acceptors (Lipinski definition) is 3. The zero-order valence-electron chi connectivity index (χ0n) is 11.8. The van der Waals surface area contributed by atoms with Crippen molar-refractivity contribution in [1.82, 2.24) is 10.3 Å². The highest BCUT2D eigenvalue weighted by molar-refractivity contribution is 7.89. The Bertz CT molecular complexity index is 790. The molecule has 9 heteroatoms. The van der Waals surface area contributed by atoms with E-state index >= 15 is 0 Å². The second kappa shape index (κ2) is 7.34. The SMILES string of the molecule is Cc1ccc(S(=O)(=O)NNC(Cl)c2c(Cl)cc(F)cc2Cl)cc1. The number of rotatable bonds is 5. The first-order chi connectivity index (χ1) is 10.7. The molecule has 4 nitrogen and oxygen atoms in total. The number of sulfonamides is 1. The molecule has 2 aromatic carbocycles. The molecule has 0 aliphatic heterocycles. The van der Waals surface area contributed by atoms with Crippen LogP contribution in [-0.4, -0.2) is 8.42 Å². The van der Waals surface area contributed by atoms with Crippen molar-refractivity contribution in [2.45, 2.75) is 17.3 Å². The van der Waals surface area contributed by atoms with E-state index in [0.29, 0.717) is 0 Å². The van der Waals surface area contributed by atoms with E-state index in [-0.39, 0.29) is 20.5 Å². The zero-order chi connectivity index (χ0) is 17.2. The van der Waals surface area contributed by atoms with Gasteiger partial charge in [-0.05, 0) is 31.2 Å². The molecule has 2 aromatic rings. The summed E-state index contributed by atoms with van der Waals surface area (Å²) in [6, 6.07) is 8.32. The fraction of sp³-hybridized carbons (Fsp3) is 0.143.